The van der Waals surface area contributed by atoms with Gasteiger partial charge in [0.15, 0.2) is 0 Å². The van der Waals surface area contributed by atoms with Gasteiger partial charge in [0.25, 0.3) is 0 Å². The summed E-state index contributed by atoms with van der Waals surface area (Å²) < 4.78 is 17.4. The third-order valence-electron chi connectivity index (χ3n) is 11.6. The molecule has 1 aromatic rings. The number of esters is 1. The van der Waals surface area contributed by atoms with Gasteiger partial charge in [-0.3, -0.25) is 4.79 Å². The molecule has 3 heterocycles. The normalized spacial score (nSPS) is 36.7. The van der Waals surface area contributed by atoms with Crippen molar-refractivity contribution in [1.29, 1.82) is 0 Å². The number of aliphatic hydroxyl groups excluding tert-OH is 2. The molecule has 0 aromatic heterocycles. The number of nitrogens with one attached hydrogen (secondary N) is 1. The maximum absolute atomic E-state index is 13.4. The molecule has 0 radical (unpaired) electrons. The summed E-state index contributed by atoms with van der Waals surface area (Å²) in [6, 6.07) is 4.62. The average Bonchev–Trinajstić information content (AvgIpc) is 3.77. The monoisotopic (exact) mass is 651 g/mol. The zero-order chi connectivity index (χ0) is 33.7. The first-order valence-corrected chi connectivity index (χ1v) is 16.7. The van der Waals surface area contributed by atoms with Crippen LogP contribution in [0.25, 0.3) is 6.08 Å². The molecule has 256 valence electrons. The Hall–Kier alpha value is -3.22. The number of cyclic esters (lactones) is 1. The van der Waals surface area contributed by atoms with Crippen LogP contribution in [0.2, 0.25) is 0 Å². The van der Waals surface area contributed by atoms with Crippen LogP contribution in [0.3, 0.4) is 0 Å². The number of aliphatic hydroxyl groups is 2. The van der Waals surface area contributed by atoms with Crippen molar-refractivity contribution < 1.29 is 39.1 Å². The van der Waals surface area contributed by atoms with Crippen molar-refractivity contribution in [2.24, 2.45) is 22.7 Å². The lowest BCUT2D eigenvalue weighted by Crippen LogP contribution is -2.67. The number of hydrogen-bond donors (Lipinski definition) is 4. The average molecular weight is 652 g/mol. The van der Waals surface area contributed by atoms with Gasteiger partial charge in [0.1, 0.15) is 17.1 Å². The van der Waals surface area contributed by atoms with Crippen LogP contribution in [0, 0.1) is 22.7 Å². The van der Waals surface area contributed by atoms with Crippen LogP contribution < -0.4 is 10.2 Å². The van der Waals surface area contributed by atoms with E-state index in [0.29, 0.717) is 62.6 Å². The molecule has 2 aliphatic carbocycles. The second kappa shape index (κ2) is 12.7. The Bertz CT molecular complexity index is 1480. The van der Waals surface area contributed by atoms with E-state index in [2.05, 4.69) is 12.2 Å². The molecule has 5 aliphatic rings. The molecule has 5 unspecified atom stereocenters. The van der Waals surface area contributed by atoms with Gasteiger partial charge in [0, 0.05) is 61.9 Å². The van der Waals surface area contributed by atoms with Gasteiger partial charge < -0.3 is 44.6 Å². The van der Waals surface area contributed by atoms with Crippen molar-refractivity contribution in [3.63, 3.8) is 0 Å². The third kappa shape index (κ3) is 6.01. The number of phenols is 1. The number of aromatic hydroxyl groups is 1. The quantitative estimate of drug-likeness (QED) is 0.245. The first-order chi connectivity index (χ1) is 22.3. The Balaban J connectivity index is 1.30. The topological polar surface area (TPSA) is 144 Å². The summed E-state index contributed by atoms with van der Waals surface area (Å²) in [6.07, 6.45) is 8.37. The zero-order valence-corrected chi connectivity index (χ0v) is 28.1. The van der Waals surface area contributed by atoms with Crippen molar-refractivity contribution in [1.82, 2.24) is 10.2 Å². The Morgan fingerprint density at radius 2 is 1.96 bits per heavy atom. The molecule has 4 N–H and O–H groups in total. The van der Waals surface area contributed by atoms with E-state index in [-0.39, 0.29) is 41.6 Å². The van der Waals surface area contributed by atoms with Gasteiger partial charge in [-0.25, -0.2) is 4.79 Å². The number of nitrogens with zero attached hydrogens (tertiary/aromatic N) is 2. The van der Waals surface area contributed by atoms with E-state index in [9.17, 15) is 24.9 Å². The highest BCUT2D eigenvalue weighted by Gasteiger charge is 2.70. The smallest absolute Gasteiger partial charge is 0.343 e. The van der Waals surface area contributed by atoms with Gasteiger partial charge in [0.2, 0.25) is 5.91 Å². The highest BCUT2D eigenvalue weighted by Crippen LogP contribution is 2.65. The SMILES string of the molecule is CC(NC1CC2[C@](C)(CC[C@@H](O)[C@@]2(C)CO)C(/C=C/C2=CC(=C\c3ccc(N(C)C)cc3O)/OC2=O)C12CO2)C(=O)N1CCOCC1. The molecule has 11 nitrogen and oxygen atoms in total. The second-order valence-corrected chi connectivity index (χ2v) is 14.6. The van der Waals surface area contributed by atoms with Crippen LogP contribution in [0.5, 0.6) is 5.75 Å². The van der Waals surface area contributed by atoms with Crippen LogP contribution in [-0.2, 0) is 23.8 Å². The fraction of sp³-hybridized carbons (Fsp3) is 0.611. The first-order valence-electron chi connectivity index (χ1n) is 16.7. The summed E-state index contributed by atoms with van der Waals surface area (Å²) in [7, 11) is 3.78. The number of amides is 1. The number of fused-ring (bicyclic) bond motifs is 1. The molecule has 11 heteroatoms. The number of hydrogen-bond acceptors (Lipinski definition) is 10. The molecule has 1 aromatic carbocycles. The predicted octanol–water partition coefficient (Wildman–Crippen LogP) is 2.61. The van der Waals surface area contributed by atoms with Crippen molar-refractivity contribution >= 4 is 23.6 Å². The van der Waals surface area contributed by atoms with E-state index in [4.69, 9.17) is 14.2 Å². The Kier molecular flexibility index (Phi) is 9.08. The van der Waals surface area contributed by atoms with Crippen molar-refractivity contribution in [3.05, 3.63) is 53.3 Å². The third-order valence-corrected chi connectivity index (χ3v) is 11.6. The molecule has 2 saturated heterocycles. The van der Waals surface area contributed by atoms with Gasteiger partial charge in [-0.1, -0.05) is 26.0 Å². The molecule has 1 amide bonds. The Morgan fingerprint density at radius 1 is 1.23 bits per heavy atom. The van der Waals surface area contributed by atoms with Gasteiger partial charge in [-0.2, -0.15) is 0 Å². The van der Waals surface area contributed by atoms with E-state index < -0.39 is 29.1 Å². The fourth-order valence-corrected chi connectivity index (χ4v) is 8.64. The number of anilines is 1. The van der Waals surface area contributed by atoms with Crippen LogP contribution in [0.1, 0.15) is 45.6 Å². The Labute approximate surface area is 276 Å². The maximum Gasteiger partial charge on any atom is 0.343 e. The lowest BCUT2D eigenvalue weighted by Gasteiger charge is -2.62. The minimum absolute atomic E-state index is 0.0127. The number of epoxide rings is 1. The van der Waals surface area contributed by atoms with Gasteiger partial charge in [-0.15, -0.1) is 0 Å². The number of carbonyl (C=O) groups is 2. The molecule has 3 aliphatic heterocycles. The lowest BCUT2D eigenvalue weighted by molar-refractivity contribution is -0.174. The molecule has 4 fully saturated rings. The summed E-state index contributed by atoms with van der Waals surface area (Å²) in [6.45, 7) is 8.54. The van der Waals surface area contributed by atoms with E-state index in [0.717, 1.165) is 12.1 Å². The molecular formula is C36H49N3O8. The molecule has 8 atom stereocenters. The van der Waals surface area contributed by atoms with E-state index in [1.54, 1.807) is 30.4 Å². The van der Waals surface area contributed by atoms with Crippen molar-refractivity contribution in [2.75, 3.05) is 58.5 Å². The van der Waals surface area contributed by atoms with Crippen LogP contribution in [0.15, 0.2) is 47.8 Å². The number of benzene rings is 1. The molecular weight excluding hydrogens is 602 g/mol. The van der Waals surface area contributed by atoms with Crippen molar-refractivity contribution in [2.45, 2.75) is 63.8 Å². The van der Waals surface area contributed by atoms with Gasteiger partial charge >= 0.3 is 5.97 Å². The number of ether oxygens (including phenoxy) is 3. The molecule has 6 rings (SSSR count). The number of allylic oxidation sites excluding steroid dienone is 1. The van der Waals surface area contributed by atoms with E-state index >= 15 is 0 Å². The first kappa shape index (κ1) is 33.7. The summed E-state index contributed by atoms with van der Waals surface area (Å²) in [5.74, 6) is -0.338. The second-order valence-electron chi connectivity index (χ2n) is 14.6. The van der Waals surface area contributed by atoms with Crippen LogP contribution >= 0.6 is 0 Å². The summed E-state index contributed by atoms with van der Waals surface area (Å²) in [4.78, 5) is 30.2. The minimum Gasteiger partial charge on any atom is -0.507 e. The molecule has 1 spiro atoms. The highest BCUT2D eigenvalue weighted by atomic mass is 16.6. The Morgan fingerprint density at radius 3 is 2.60 bits per heavy atom. The number of rotatable bonds is 8. The molecule has 47 heavy (non-hydrogen) atoms. The number of phenolic OH excluding ortho intramolecular Hbond substituents is 1. The summed E-state index contributed by atoms with van der Waals surface area (Å²) in [5, 5.41) is 36.0. The van der Waals surface area contributed by atoms with Crippen molar-refractivity contribution in [3.8, 4) is 5.75 Å². The standard InChI is InChI=1S/C36H49N3O8/c1-22(32(43)39-12-14-45-15-13-39)37-30-19-29-34(2,11-10-31(42)35(29,3)20-40)28(36(30)21-46-36)9-7-24-17-26(47-33(24)44)16-23-6-8-25(38(4)5)18-27(23)41/h6-9,16-18,22,28-31,37,40-42H,10-15,19-21H2,1-5H3/b9-7+,26-16+/t22?,28?,29?,30?,31-,34-,35+,36?/m1/s1. The summed E-state index contributed by atoms with van der Waals surface area (Å²) >= 11 is 0. The summed E-state index contributed by atoms with van der Waals surface area (Å²) in [5.41, 5.74) is 0.0409. The van der Waals surface area contributed by atoms with E-state index in [1.807, 2.05) is 49.9 Å². The minimum atomic E-state index is -0.751. The fourth-order valence-electron chi connectivity index (χ4n) is 8.64. The van der Waals surface area contributed by atoms with Gasteiger partial charge in [-0.05, 0) is 61.8 Å². The number of morpholine rings is 1. The highest BCUT2D eigenvalue weighted by molar-refractivity contribution is 5.96. The van der Waals surface area contributed by atoms with E-state index in [1.165, 1.54) is 0 Å². The largest absolute Gasteiger partial charge is 0.507 e. The molecule has 2 saturated carbocycles. The maximum atomic E-state index is 13.4. The van der Waals surface area contributed by atoms with Crippen LogP contribution in [-0.4, -0.2) is 109 Å². The predicted molar refractivity (Wildman–Crippen MR) is 176 cm³/mol. The number of carbonyl (C=O) groups excluding carboxylic acids is 2. The zero-order valence-electron chi connectivity index (χ0n) is 28.1. The van der Waals surface area contributed by atoms with Crippen LogP contribution in [0.4, 0.5) is 5.69 Å². The lowest BCUT2D eigenvalue weighted by atomic mass is 9.44. The molecule has 0 bridgehead atoms. The van der Waals surface area contributed by atoms with Gasteiger partial charge in [0.05, 0.1) is 44.1 Å².